The first-order valence-corrected chi connectivity index (χ1v) is 8.06. The largest absolute Gasteiger partial charge is 0.481 e. The first-order valence-electron chi connectivity index (χ1n) is 8.06. The molecule has 3 rings (SSSR count). The van der Waals surface area contributed by atoms with Gasteiger partial charge in [-0.3, -0.25) is 9.59 Å². The number of rotatable bonds is 3. The normalized spacial score (nSPS) is 27.1. The van der Waals surface area contributed by atoms with Crippen LogP contribution in [-0.4, -0.2) is 35.0 Å². The van der Waals surface area contributed by atoms with Gasteiger partial charge in [0, 0.05) is 13.1 Å². The summed E-state index contributed by atoms with van der Waals surface area (Å²) < 4.78 is 13.5. The van der Waals surface area contributed by atoms with Gasteiger partial charge in [0.05, 0.1) is 10.8 Å². The van der Waals surface area contributed by atoms with Crippen LogP contribution in [0, 0.1) is 17.2 Å². The SMILES string of the molecule is CC(C)(C(=O)N1C[C@@H]2CCC[C@@]2(C(=O)O)C1)c1cccc(F)c1. The maximum Gasteiger partial charge on any atom is 0.311 e. The van der Waals surface area contributed by atoms with Gasteiger partial charge in [-0.05, 0) is 50.3 Å². The summed E-state index contributed by atoms with van der Waals surface area (Å²) >= 11 is 0. The Labute approximate surface area is 135 Å². The van der Waals surface area contributed by atoms with Crippen molar-refractivity contribution >= 4 is 11.9 Å². The minimum atomic E-state index is -0.875. The molecule has 0 radical (unpaired) electrons. The molecule has 1 aromatic carbocycles. The van der Waals surface area contributed by atoms with Crippen LogP contribution < -0.4 is 0 Å². The number of nitrogens with zero attached hydrogens (tertiary/aromatic N) is 1. The third-order valence-corrected chi connectivity index (χ3v) is 5.66. The van der Waals surface area contributed by atoms with Crippen LogP contribution in [-0.2, 0) is 15.0 Å². The third kappa shape index (κ3) is 2.42. The van der Waals surface area contributed by atoms with E-state index in [1.54, 1.807) is 30.9 Å². The molecule has 1 aliphatic heterocycles. The van der Waals surface area contributed by atoms with Gasteiger partial charge in [-0.15, -0.1) is 0 Å². The third-order valence-electron chi connectivity index (χ3n) is 5.66. The fourth-order valence-electron chi connectivity index (χ4n) is 4.19. The molecule has 1 aliphatic carbocycles. The highest BCUT2D eigenvalue weighted by atomic mass is 19.1. The minimum absolute atomic E-state index is 0.0345. The number of carbonyl (C=O) groups is 2. The number of benzene rings is 1. The highest BCUT2D eigenvalue weighted by Crippen LogP contribution is 2.49. The number of carboxylic acids is 1. The maximum atomic E-state index is 13.5. The second-order valence-corrected chi connectivity index (χ2v) is 7.37. The summed E-state index contributed by atoms with van der Waals surface area (Å²) in [6.07, 6.45) is 2.40. The zero-order chi connectivity index (χ0) is 16.8. The van der Waals surface area contributed by atoms with Gasteiger partial charge >= 0.3 is 5.97 Å². The predicted molar refractivity (Wildman–Crippen MR) is 83.4 cm³/mol. The molecule has 4 nitrogen and oxygen atoms in total. The van der Waals surface area contributed by atoms with Crippen LogP contribution in [0.2, 0.25) is 0 Å². The Bertz CT molecular complexity index is 657. The van der Waals surface area contributed by atoms with Gasteiger partial charge in [-0.1, -0.05) is 18.6 Å². The zero-order valence-corrected chi connectivity index (χ0v) is 13.5. The van der Waals surface area contributed by atoms with E-state index in [2.05, 4.69) is 0 Å². The Kier molecular flexibility index (Phi) is 3.69. The highest BCUT2D eigenvalue weighted by Gasteiger charge is 2.56. The van der Waals surface area contributed by atoms with Gasteiger partial charge in [0.2, 0.25) is 5.91 Å². The number of hydrogen-bond donors (Lipinski definition) is 1. The Hall–Kier alpha value is -1.91. The minimum Gasteiger partial charge on any atom is -0.481 e. The van der Waals surface area contributed by atoms with Crippen LogP contribution in [0.25, 0.3) is 0 Å². The zero-order valence-electron chi connectivity index (χ0n) is 13.5. The Morgan fingerprint density at radius 3 is 2.74 bits per heavy atom. The van der Waals surface area contributed by atoms with Crippen molar-refractivity contribution < 1.29 is 19.1 Å². The van der Waals surface area contributed by atoms with E-state index in [1.807, 2.05) is 0 Å². The molecule has 1 N–H and O–H groups in total. The average Bonchev–Trinajstić information content (AvgIpc) is 3.04. The number of amides is 1. The van der Waals surface area contributed by atoms with Crippen molar-refractivity contribution in [3.05, 3.63) is 35.6 Å². The van der Waals surface area contributed by atoms with Gasteiger partial charge in [0.25, 0.3) is 0 Å². The average molecular weight is 319 g/mol. The standard InChI is InChI=1S/C18H22FNO3/c1-17(2,12-5-3-7-14(19)9-12)15(21)20-10-13-6-4-8-18(13,11-20)16(22)23/h3,5,7,9,13H,4,6,8,10-11H2,1-2H3,(H,22,23)/t13-,18+/m0/s1. The summed E-state index contributed by atoms with van der Waals surface area (Å²) in [7, 11) is 0. The summed E-state index contributed by atoms with van der Waals surface area (Å²) in [6.45, 7) is 4.30. The van der Waals surface area contributed by atoms with Gasteiger partial charge in [-0.2, -0.15) is 0 Å². The first kappa shape index (κ1) is 16.0. The number of likely N-dealkylation sites (tertiary alicyclic amines) is 1. The monoisotopic (exact) mass is 319 g/mol. The molecule has 0 spiro atoms. The van der Waals surface area contributed by atoms with Crippen molar-refractivity contribution in [2.75, 3.05) is 13.1 Å². The number of hydrogen-bond acceptors (Lipinski definition) is 2. The molecule has 2 aliphatic rings. The molecule has 1 aromatic rings. The Balaban J connectivity index is 1.85. The summed E-state index contributed by atoms with van der Waals surface area (Å²) in [6, 6.07) is 6.06. The van der Waals surface area contributed by atoms with Crippen molar-refractivity contribution in [2.24, 2.45) is 11.3 Å². The molecule has 2 atom stereocenters. The lowest BCUT2D eigenvalue weighted by atomic mass is 9.81. The lowest BCUT2D eigenvalue weighted by Crippen LogP contribution is -2.44. The van der Waals surface area contributed by atoms with Crippen LogP contribution in [0.15, 0.2) is 24.3 Å². The van der Waals surface area contributed by atoms with Crippen LogP contribution in [0.4, 0.5) is 4.39 Å². The van der Waals surface area contributed by atoms with E-state index < -0.39 is 16.8 Å². The number of halogens is 1. The van der Waals surface area contributed by atoms with E-state index in [0.717, 1.165) is 12.8 Å². The van der Waals surface area contributed by atoms with Crippen LogP contribution >= 0.6 is 0 Å². The number of aliphatic carboxylic acids is 1. The molecular weight excluding hydrogens is 297 g/mol. The van der Waals surface area contributed by atoms with Gasteiger partial charge < -0.3 is 10.0 Å². The van der Waals surface area contributed by atoms with E-state index in [0.29, 0.717) is 18.5 Å². The van der Waals surface area contributed by atoms with E-state index in [4.69, 9.17) is 0 Å². The molecule has 5 heteroatoms. The molecule has 0 bridgehead atoms. The number of carbonyl (C=O) groups excluding carboxylic acids is 1. The summed E-state index contributed by atoms with van der Waals surface area (Å²) in [5, 5.41) is 9.64. The van der Waals surface area contributed by atoms with Crippen LogP contribution in [0.5, 0.6) is 0 Å². The second-order valence-electron chi connectivity index (χ2n) is 7.37. The first-order chi connectivity index (χ1) is 10.8. The highest BCUT2D eigenvalue weighted by molar-refractivity contribution is 5.89. The fraction of sp³-hybridized carbons (Fsp3) is 0.556. The topological polar surface area (TPSA) is 57.6 Å². The van der Waals surface area contributed by atoms with Gasteiger partial charge in [-0.25, -0.2) is 4.39 Å². The fourth-order valence-corrected chi connectivity index (χ4v) is 4.19. The number of fused-ring (bicyclic) bond motifs is 1. The molecule has 1 heterocycles. The molecule has 1 amide bonds. The van der Waals surface area contributed by atoms with Crippen molar-refractivity contribution in [1.29, 1.82) is 0 Å². The molecule has 2 fully saturated rings. The summed E-state index contributed by atoms with van der Waals surface area (Å²) in [5.41, 5.74) is -1.04. The predicted octanol–water partition coefficient (Wildman–Crippen LogP) is 2.82. The Morgan fingerprint density at radius 1 is 1.39 bits per heavy atom. The van der Waals surface area contributed by atoms with Crippen molar-refractivity contribution in [2.45, 2.75) is 38.5 Å². The molecule has 124 valence electrons. The van der Waals surface area contributed by atoms with Crippen molar-refractivity contribution in [3.8, 4) is 0 Å². The van der Waals surface area contributed by atoms with Crippen molar-refractivity contribution in [1.82, 2.24) is 4.90 Å². The molecule has 1 saturated heterocycles. The molecule has 1 saturated carbocycles. The number of carboxylic acid groups (broad SMARTS) is 1. The lowest BCUT2D eigenvalue weighted by molar-refractivity contribution is -0.149. The lowest BCUT2D eigenvalue weighted by Gasteiger charge is -2.31. The Morgan fingerprint density at radius 2 is 2.13 bits per heavy atom. The van der Waals surface area contributed by atoms with E-state index >= 15 is 0 Å². The molecule has 23 heavy (non-hydrogen) atoms. The van der Waals surface area contributed by atoms with Crippen molar-refractivity contribution in [3.63, 3.8) is 0 Å². The quantitative estimate of drug-likeness (QED) is 0.932. The maximum absolute atomic E-state index is 13.5. The van der Waals surface area contributed by atoms with Crippen LogP contribution in [0.3, 0.4) is 0 Å². The van der Waals surface area contributed by atoms with E-state index in [1.165, 1.54) is 12.1 Å². The second kappa shape index (κ2) is 5.32. The van der Waals surface area contributed by atoms with Gasteiger partial charge in [0.1, 0.15) is 5.82 Å². The molecular formula is C18H22FNO3. The molecule has 0 unspecified atom stereocenters. The smallest absolute Gasteiger partial charge is 0.311 e. The molecule has 0 aromatic heterocycles. The van der Waals surface area contributed by atoms with E-state index in [-0.39, 0.29) is 24.2 Å². The summed E-state index contributed by atoms with van der Waals surface area (Å²) in [4.78, 5) is 26.4. The van der Waals surface area contributed by atoms with E-state index in [9.17, 15) is 19.1 Å². The van der Waals surface area contributed by atoms with Gasteiger partial charge in [0.15, 0.2) is 0 Å². The van der Waals surface area contributed by atoms with Crippen LogP contribution in [0.1, 0.15) is 38.7 Å². The summed E-state index contributed by atoms with van der Waals surface area (Å²) in [5.74, 6) is -1.26.